The van der Waals surface area contributed by atoms with Crippen molar-refractivity contribution in [3.63, 3.8) is 0 Å². The van der Waals surface area contributed by atoms with Crippen LogP contribution in [-0.4, -0.2) is 62.0 Å². The maximum Gasteiger partial charge on any atom is 0.161 e. The van der Waals surface area contributed by atoms with Gasteiger partial charge in [-0.2, -0.15) is 4.37 Å². The summed E-state index contributed by atoms with van der Waals surface area (Å²) >= 11 is 1.59. The smallest absolute Gasteiger partial charge is 0.161 e. The van der Waals surface area contributed by atoms with E-state index in [2.05, 4.69) is 32.4 Å². The van der Waals surface area contributed by atoms with Crippen molar-refractivity contribution in [2.45, 2.75) is 6.42 Å². The number of aldehydes is 1. The van der Waals surface area contributed by atoms with Crippen LogP contribution in [0.15, 0.2) is 42.5 Å². The summed E-state index contributed by atoms with van der Waals surface area (Å²) in [6.07, 6.45) is 1.28. The van der Waals surface area contributed by atoms with Crippen LogP contribution in [0.3, 0.4) is 0 Å². The first kappa shape index (κ1) is 19.7. The topological polar surface area (TPSA) is 54.9 Å². The second-order valence-corrected chi connectivity index (χ2v) is 7.79. The highest BCUT2D eigenvalue weighted by Gasteiger charge is 2.20. The number of benzene rings is 2. The Kier molecular flexibility index (Phi) is 6.27. The molecule has 29 heavy (non-hydrogen) atoms. The van der Waals surface area contributed by atoms with Gasteiger partial charge in [0.05, 0.1) is 12.6 Å². The predicted octanol–water partition coefficient (Wildman–Crippen LogP) is 3.25. The lowest BCUT2D eigenvalue weighted by atomic mass is 10.1. The van der Waals surface area contributed by atoms with Gasteiger partial charge < -0.3 is 19.2 Å². The largest absolute Gasteiger partial charge is 0.493 e. The number of piperazine rings is 1. The SMILES string of the molecule is COc1cc(CC=O)ccc1OCCN1CCN(c2snc3ccccc23)CC1. The first-order chi connectivity index (χ1) is 14.3. The number of methoxy groups -OCH3 is 1. The third kappa shape index (κ3) is 4.52. The fourth-order valence-corrected chi connectivity index (χ4v) is 4.53. The van der Waals surface area contributed by atoms with Gasteiger partial charge in [-0.15, -0.1) is 0 Å². The minimum Gasteiger partial charge on any atom is -0.493 e. The number of carbonyl (C=O) groups is 1. The van der Waals surface area contributed by atoms with Crippen LogP contribution < -0.4 is 14.4 Å². The molecule has 1 aliphatic rings. The molecular formula is C22H25N3O3S. The van der Waals surface area contributed by atoms with Crippen molar-refractivity contribution >= 4 is 33.7 Å². The van der Waals surface area contributed by atoms with E-state index in [1.807, 2.05) is 24.3 Å². The van der Waals surface area contributed by atoms with E-state index in [1.165, 1.54) is 10.4 Å². The molecule has 7 heteroatoms. The maximum atomic E-state index is 10.7. The Bertz CT molecular complexity index is 967. The lowest BCUT2D eigenvalue weighted by Gasteiger charge is -2.35. The second kappa shape index (κ2) is 9.24. The fraction of sp³-hybridized carbons (Fsp3) is 0.364. The second-order valence-electron chi connectivity index (χ2n) is 7.04. The number of hydrogen-bond acceptors (Lipinski definition) is 7. The molecule has 0 N–H and O–H groups in total. The number of hydrogen-bond donors (Lipinski definition) is 0. The van der Waals surface area contributed by atoms with E-state index < -0.39 is 0 Å². The van der Waals surface area contributed by atoms with Crippen LogP contribution in [0.25, 0.3) is 10.9 Å². The zero-order chi connectivity index (χ0) is 20.1. The van der Waals surface area contributed by atoms with Crippen molar-refractivity contribution in [3.05, 3.63) is 48.0 Å². The van der Waals surface area contributed by atoms with Gasteiger partial charge in [0.2, 0.25) is 0 Å². The minimum atomic E-state index is 0.385. The molecule has 0 amide bonds. The van der Waals surface area contributed by atoms with Gasteiger partial charge in [0.25, 0.3) is 0 Å². The summed E-state index contributed by atoms with van der Waals surface area (Å²) in [5.74, 6) is 1.39. The summed E-state index contributed by atoms with van der Waals surface area (Å²) in [5, 5.41) is 2.52. The van der Waals surface area contributed by atoms with Gasteiger partial charge in [-0.1, -0.05) is 18.2 Å². The van der Waals surface area contributed by atoms with Gasteiger partial charge >= 0.3 is 0 Å². The van der Waals surface area contributed by atoms with E-state index in [-0.39, 0.29) is 0 Å². The van der Waals surface area contributed by atoms with Crippen LogP contribution in [0.2, 0.25) is 0 Å². The lowest BCUT2D eigenvalue weighted by Crippen LogP contribution is -2.47. The molecule has 1 saturated heterocycles. The highest BCUT2D eigenvalue weighted by atomic mass is 32.1. The Morgan fingerprint density at radius 2 is 1.93 bits per heavy atom. The monoisotopic (exact) mass is 411 g/mol. The first-order valence-corrected chi connectivity index (χ1v) is 10.6. The van der Waals surface area contributed by atoms with E-state index in [1.54, 1.807) is 18.6 Å². The molecule has 0 unspecified atom stereocenters. The number of anilines is 1. The van der Waals surface area contributed by atoms with E-state index in [9.17, 15) is 4.79 Å². The fourth-order valence-electron chi connectivity index (χ4n) is 3.62. The molecule has 0 bridgehead atoms. The normalized spacial score (nSPS) is 14.9. The third-order valence-electron chi connectivity index (χ3n) is 5.24. The summed E-state index contributed by atoms with van der Waals surface area (Å²) in [6, 6.07) is 14.0. The predicted molar refractivity (Wildman–Crippen MR) is 117 cm³/mol. The molecule has 6 nitrogen and oxygen atoms in total. The standard InChI is InChI=1S/C22H25N3O3S/c1-27-21-16-17(8-14-26)6-7-20(21)28-15-13-24-9-11-25(12-10-24)22-18-4-2-3-5-19(18)23-29-22/h2-7,14,16H,8-13,15H2,1H3. The molecule has 0 radical (unpaired) electrons. The van der Waals surface area contributed by atoms with Crippen molar-refractivity contribution in [2.75, 3.05) is 51.3 Å². The highest BCUT2D eigenvalue weighted by Crippen LogP contribution is 2.32. The van der Waals surface area contributed by atoms with Crippen molar-refractivity contribution in [3.8, 4) is 11.5 Å². The minimum absolute atomic E-state index is 0.385. The average molecular weight is 412 g/mol. The Balaban J connectivity index is 1.28. The van der Waals surface area contributed by atoms with Crippen LogP contribution >= 0.6 is 11.5 Å². The van der Waals surface area contributed by atoms with Crippen LogP contribution in [0.5, 0.6) is 11.5 Å². The molecule has 2 heterocycles. The van der Waals surface area contributed by atoms with Crippen molar-refractivity contribution < 1.29 is 14.3 Å². The van der Waals surface area contributed by atoms with E-state index in [4.69, 9.17) is 9.47 Å². The molecule has 152 valence electrons. The molecule has 0 spiro atoms. The van der Waals surface area contributed by atoms with Gasteiger partial charge in [-0.3, -0.25) is 4.90 Å². The Morgan fingerprint density at radius 1 is 1.10 bits per heavy atom. The number of carbonyl (C=O) groups excluding carboxylic acids is 1. The number of nitrogens with zero attached hydrogens (tertiary/aromatic N) is 3. The van der Waals surface area contributed by atoms with Crippen LogP contribution in [0.1, 0.15) is 5.56 Å². The Labute approximate surface area is 174 Å². The molecule has 1 fully saturated rings. The van der Waals surface area contributed by atoms with Crippen molar-refractivity contribution in [1.29, 1.82) is 0 Å². The van der Waals surface area contributed by atoms with E-state index >= 15 is 0 Å². The van der Waals surface area contributed by atoms with Crippen molar-refractivity contribution in [2.24, 2.45) is 0 Å². The molecular weight excluding hydrogens is 386 g/mol. The Morgan fingerprint density at radius 3 is 2.72 bits per heavy atom. The zero-order valence-corrected chi connectivity index (χ0v) is 17.4. The summed E-state index contributed by atoms with van der Waals surface area (Å²) in [7, 11) is 1.62. The van der Waals surface area contributed by atoms with E-state index in [0.29, 0.717) is 18.8 Å². The third-order valence-corrected chi connectivity index (χ3v) is 6.18. The van der Waals surface area contributed by atoms with Gasteiger partial charge in [0, 0.05) is 44.5 Å². The molecule has 0 saturated carbocycles. The molecule has 0 aliphatic carbocycles. The first-order valence-electron chi connectivity index (χ1n) is 9.83. The van der Waals surface area contributed by atoms with Crippen LogP contribution in [0, 0.1) is 0 Å². The quantitative estimate of drug-likeness (QED) is 0.531. The lowest BCUT2D eigenvalue weighted by molar-refractivity contribution is -0.107. The zero-order valence-electron chi connectivity index (χ0n) is 16.5. The van der Waals surface area contributed by atoms with Crippen LogP contribution in [-0.2, 0) is 11.2 Å². The molecule has 1 aliphatic heterocycles. The molecule has 2 aromatic carbocycles. The molecule has 1 aromatic heterocycles. The van der Waals surface area contributed by atoms with Gasteiger partial charge in [0.1, 0.15) is 17.9 Å². The summed E-state index contributed by atoms with van der Waals surface area (Å²) in [5.41, 5.74) is 2.01. The number of aromatic nitrogens is 1. The van der Waals surface area contributed by atoms with Gasteiger partial charge in [-0.25, -0.2) is 0 Å². The summed E-state index contributed by atoms with van der Waals surface area (Å²) in [4.78, 5) is 15.5. The number of rotatable bonds is 8. The number of ether oxygens (including phenoxy) is 2. The number of fused-ring (bicyclic) bond motifs is 1. The molecule has 0 atom stereocenters. The molecule has 4 rings (SSSR count). The summed E-state index contributed by atoms with van der Waals surface area (Å²) in [6.45, 7) is 5.48. The van der Waals surface area contributed by atoms with E-state index in [0.717, 1.165) is 55.8 Å². The maximum absolute atomic E-state index is 10.7. The highest BCUT2D eigenvalue weighted by molar-refractivity contribution is 7.11. The van der Waals surface area contributed by atoms with Gasteiger partial charge in [0.15, 0.2) is 11.5 Å². The van der Waals surface area contributed by atoms with Crippen LogP contribution in [0.4, 0.5) is 5.00 Å². The summed E-state index contributed by atoms with van der Waals surface area (Å²) < 4.78 is 15.9. The van der Waals surface area contributed by atoms with Gasteiger partial charge in [-0.05, 0) is 41.4 Å². The van der Waals surface area contributed by atoms with Crippen molar-refractivity contribution in [1.82, 2.24) is 9.27 Å². The molecule has 3 aromatic rings. The Hall–Kier alpha value is -2.64. The average Bonchev–Trinajstić information content (AvgIpc) is 3.19.